The molecular formula is C17H14ClN5O2. The number of halogens is 1. The fourth-order valence-electron chi connectivity index (χ4n) is 2.51. The molecule has 7 nitrogen and oxygen atoms in total. The number of aryl methyl sites for hydroxylation is 1. The summed E-state index contributed by atoms with van der Waals surface area (Å²) in [6.07, 6.45) is 0. The SMILES string of the molecule is Cc1ccc(Cl)cc1-c1nc(N)nc(Nc2ccc3c(c2)OCO3)n1. The van der Waals surface area contributed by atoms with Crippen molar-refractivity contribution >= 4 is 29.2 Å². The summed E-state index contributed by atoms with van der Waals surface area (Å²) >= 11 is 6.09. The van der Waals surface area contributed by atoms with E-state index in [9.17, 15) is 0 Å². The number of nitrogens with two attached hydrogens (primary N) is 1. The zero-order valence-electron chi connectivity index (χ0n) is 13.3. The number of aromatic nitrogens is 3. The van der Waals surface area contributed by atoms with Gasteiger partial charge in [-0.3, -0.25) is 0 Å². The molecule has 3 N–H and O–H groups in total. The van der Waals surface area contributed by atoms with Gasteiger partial charge in [0.1, 0.15) is 0 Å². The number of benzene rings is 2. The van der Waals surface area contributed by atoms with Gasteiger partial charge in [0.25, 0.3) is 0 Å². The number of rotatable bonds is 3. The lowest BCUT2D eigenvalue weighted by molar-refractivity contribution is 0.174. The molecule has 1 aromatic heterocycles. The zero-order valence-corrected chi connectivity index (χ0v) is 14.0. The Morgan fingerprint density at radius 2 is 1.88 bits per heavy atom. The highest BCUT2D eigenvalue weighted by molar-refractivity contribution is 6.30. The molecule has 0 saturated heterocycles. The van der Waals surface area contributed by atoms with Crippen LogP contribution in [0.2, 0.25) is 5.02 Å². The van der Waals surface area contributed by atoms with Gasteiger partial charge in [-0.1, -0.05) is 17.7 Å². The average Bonchev–Trinajstić information content (AvgIpc) is 3.04. The second kappa shape index (κ2) is 6.10. The van der Waals surface area contributed by atoms with E-state index in [0.717, 1.165) is 16.8 Å². The van der Waals surface area contributed by atoms with E-state index in [1.807, 2.05) is 37.3 Å². The molecule has 2 heterocycles. The maximum absolute atomic E-state index is 6.09. The quantitative estimate of drug-likeness (QED) is 0.741. The highest BCUT2D eigenvalue weighted by Crippen LogP contribution is 2.35. The number of nitrogen functional groups attached to an aromatic ring is 1. The maximum atomic E-state index is 6.09. The zero-order chi connectivity index (χ0) is 17.4. The second-order valence-electron chi connectivity index (χ2n) is 5.49. The Labute approximate surface area is 148 Å². The monoisotopic (exact) mass is 355 g/mol. The van der Waals surface area contributed by atoms with Crippen LogP contribution < -0.4 is 20.5 Å². The molecule has 1 aliphatic rings. The third-order valence-corrected chi connectivity index (χ3v) is 3.96. The summed E-state index contributed by atoms with van der Waals surface area (Å²) in [5.74, 6) is 2.28. The molecule has 0 atom stereocenters. The van der Waals surface area contributed by atoms with Crippen molar-refractivity contribution in [2.75, 3.05) is 17.8 Å². The summed E-state index contributed by atoms with van der Waals surface area (Å²) in [6, 6.07) is 11.0. The van der Waals surface area contributed by atoms with Crippen LogP contribution in [-0.2, 0) is 0 Å². The summed E-state index contributed by atoms with van der Waals surface area (Å²) in [4.78, 5) is 12.8. The van der Waals surface area contributed by atoms with Crippen LogP contribution >= 0.6 is 11.6 Å². The van der Waals surface area contributed by atoms with Crippen LogP contribution in [0.25, 0.3) is 11.4 Å². The molecule has 25 heavy (non-hydrogen) atoms. The van der Waals surface area contributed by atoms with Crippen molar-refractivity contribution in [2.24, 2.45) is 0 Å². The highest BCUT2D eigenvalue weighted by atomic mass is 35.5. The van der Waals surface area contributed by atoms with E-state index in [1.54, 1.807) is 6.07 Å². The second-order valence-corrected chi connectivity index (χ2v) is 5.93. The van der Waals surface area contributed by atoms with E-state index < -0.39 is 0 Å². The number of ether oxygens (including phenoxy) is 2. The Hall–Kier alpha value is -3.06. The van der Waals surface area contributed by atoms with E-state index >= 15 is 0 Å². The minimum absolute atomic E-state index is 0.118. The van der Waals surface area contributed by atoms with Gasteiger partial charge in [0.05, 0.1) is 0 Å². The molecule has 1 aliphatic heterocycles. The van der Waals surface area contributed by atoms with Gasteiger partial charge in [-0.05, 0) is 36.8 Å². The Balaban J connectivity index is 1.69. The van der Waals surface area contributed by atoms with Gasteiger partial charge in [0, 0.05) is 22.3 Å². The van der Waals surface area contributed by atoms with Gasteiger partial charge >= 0.3 is 0 Å². The number of fused-ring (bicyclic) bond motifs is 1. The van der Waals surface area contributed by atoms with Crippen LogP contribution in [0.4, 0.5) is 17.6 Å². The fourth-order valence-corrected chi connectivity index (χ4v) is 2.68. The molecule has 0 fully saturated rings. The van der Waals surface area contributed by atoms with Crippen LogP contribution in [0, 0.1) is 6.92 Å². The lowest BCUT2D eigenvalue weighted by Gasteiger charge is -2.09. The lowest BCUT2D eigenvalue weighted by Crippen LogP contribution is -2.05. The van der Waals surface area contributed by atoms with E-state index in [-0.39, 0.29) is 12.7 Å². The van der Waals surface area contributed by atoms with Crippen molar-refractivity contribution in [3.8, 4) is 22.9 Å². The minimum atomic E-state index is 0.118. The molecule has 0 bridgehead atoms. The van der Waals surface area contributed by atoms with E-state index in [0.29, 0.717) is 28.3 Å². The van der Waals surface area contributed by atoms with Crippen molar-refractivity contribution in [3.05, 3.63) is 47.0 Å². The molecule has 2 aromatic carbocycles. The summed E-state index contributed by atoms with van der Waals surface area (Å²) < 4.78 is 10.7. The number of nitrogens with zero attached hydrogens (tertiary/aromatic N) is 3. The molecule has 0 aliphatic carbocycles. The first-order chi connectivity index (χ1) is 12.1. The minimum Gasteiger partial charge on any atom is -0.454 e. The van der Waals surface area contributed by atoms with Gasteiger partial charge in [0.15, 0.2) is 17.3 Å². The fraction of sp³-hybridized carbons (Fsp3) is 0.118. The van der Waals surface area contributed by atoms with Gasteiger partial charge in [-0.2, -0.15) is 15.0 Å². The Bertz CT molecular complexity index is 964. The molecule has 0 radical (unpaired) electrons. The summed E-state index contributed by atoms with van der Waals surface area (Å²) in [6.45, 7) is 2.17. The lowest BCUT2D eigenvalue weighted by atomic mass is 10.1. The topological polar surface area (TPSA) is 95.2 Å². The van der Waals surface area contributed by atoms with Crippen LogP contribution in [0.3, 0.4) is 0 Å². The van der Waals surface area contributed by atoms with Gasteiger partial charge < -0.3 is 20.5 Å². The third kappa shape index (κ3) is 3.14. The van der Waals surface area contributed by atoms with Crippen LogP contribution in [0.5, 0.6) is 11.5 Å². The third-order valence-electron chi connectivity index (χ3n) is 3.72. The number of hydrogen-bond donors (Lipinski definition) is 2. The van der Waals surface area contributed by atoms with Crippen molar-refractivity contribution in [2.45, 2.75) is 6.92 Å². The predicted octanol–water partition coefficient (Wildman–Crippen LogP) is 3.55. The molecule has 0 amide bonds. The van der Waals surface area contributed by atoms with E-state index in [1.165, 1.54) is 0 Å². The number of hydrogen-bond acceptors (Lipinski definition) is 7. The summed E-state index contributed by atoms with van der Waals surface area (Å²) in [7, 11) is 0. The number of anilines is 3. The van der Waals surface area contributed by atoms with Crippen molar-refractivity contribution in [1.82, 2.24) is 15.0 Å². The molecule has 4 rings (SSSR count). The first-order valence-corrected chi connectivity index (χ1v) is 7.91. The largest absolute Gasteiger partial charge is 0.454 e. The van der Waals surface area contributed by atoms with Crippen molar-refractivity contribution < 1.29 is 9.47 Å². The first kappa shape index (κ1) is 15.5. The molecule has 0 saturated carbocycles. The Morgan fingerprint density at radius 3 is 2.76 bits per heavy atom. The molecule has 0 unspecified atom stereocenters. The van der Waals surface area contributed by atoms with Crippen LogP contribution in [0.15, 0.2) is 36.4 Å². The van der Waals surface area contributed by atoms with Gasteiger partial charge in [0.2, 0.25) is 18.7 Å². The maximum Gasteiger partial charge on any atom is 0.232 e. The van der Waals surface area contributed by atoms with Gasteiger partial charge in [-0.15, -0.1) is 0 Å². The van der Waals surface area contributed by atoms with Crippen molar-refractivity contribution in [3.63, 3.8) is 0 Å². The normalized spacial score (nSPS) is 12.2. The molecule has 8 heteroatoms. The Kier molecular flexibility index (Phi) is 3.77. The highest BCUT2D eigenvalue weighted by Gasteiger charge is 2.15. The Morgan fingerprint density at radius 1 is 1.04 bits per heavy atom. The van der Waals surface area contributed by atoms with Crippen LogP contribution in [-0.4, -0.2) is 21.7 Å². The molecule has 3 aromatic rings. The summed E-state index contributed by atoms with van der Waals surface area (Å²) in [5, 5.41) is 3.71. The smallest absolute Gasteiger partial charge is 0.232 e. The van der Waals surface area contributed by atoms with Crippen molar-refractivity contribution in [1.29, 1.82) is 0 Å². The standard InChI is InChI=1S/C17H14ClN5O2/c1-9-2-3-10(18)6-12(9)15-21-16(19)23-17(22-15)20-11-4-5-13-14(7-11)25-8-24-13/h2-7H,8H2,1H3,(H3,19,20,21,22,23). The predicted molar refractivity (Wildman–Crippen MR) is 95.3 cm³/mol. The van der Waals surface area contributed by atoms with E-state index in [2.05, 4.69) is 20.3 Å². The average molecular weight is 356 g/mol. The molecule has 0 spiro atoms. The summed E-state index contributed by atoms with van der Waals surface area (Å²) in [5.41, 5.74) is 8.39. The molecule has 126 valence electrons. The first-order valence-electron chi connectivity index (χ1n) is 7.53. The van der Waals surface area contributed by atoms with E-state index in [4.69, 9.17) is 26.8 Å². The molecular weight excluding hydrogens is 342 g/mol. The van der Waals surface area contributed by atoms with Gasteiger partial charge in [-0.25, -0.2) is 0 Å². The number of nitrogens with one attached hydrogen (secondary N) is 1. The van der Waals surface area contributed by atoms with Crippen LogP contribution in [0.1, 0.15) is 5.56 Å².